The molecule has 22 heavy (non-hydrogen) atoms. The molecule has 0 amide bonds. The van der Waals surface area contributed by atoms with Gasteiger partial charge in [-0.05, 0) is 34.8 Å². The van der Waals surface area contributed by atoms with Crippen molar-refractivity contribution in [3.63, 3.8) is 0 Å². The molecule has 1 aliphatic carbocycles. The van der Waals surface area contributed by atoms with Crippen molar-refractivity contribution in [2.45, 2.75) is 18.8 Å². The molecule has 3 heterocycles. The van der Waals surface area contributed by atoms with Gasteiger partial charge in [0.15, 0.2) is 11.6 Å². The lowest BCUT2D eigenvalue weighted by Crippen LogP contribution is -2.47. The molecule has 0 unspecified atom stereocenters. The zero-order valence-corrected chi connectivity index (χ0v) is 14.3. The highest BCUT2D eigenvalue weighted by Gasteiger charge is 2.29. The van der Waals surface area contributed by atoms with E-state index in [1.54, 1.807) is 6.20 Å². The summed E-state index contributed by atoms with van der Waals surface area (Å²) in [6.07, 6.45) is 4.08. The summed E-state index contributed by atoms with van der Waals surface area (Å²) < 4.78 is 19.1. The van der Waals surface area contributed by atoms with E-state index in [1.807, 2.05) is 4.90 Å². The van der Waals surface area contributed by atoms with Gasteiger partial charge in [0.05, 0.1) is 0 Å². The third kappa shape index (κ3) is 2.81. The lowest BCUT2D eigenvalue weighted by molar-refractivity contribution is 0.587. The molecule has 116 valence electrons. The molecule has 1 saturated carbocycles. The van der Waals surface area contributed by atoms with E-state index in [4.69, 9.17) is 0 Å². The molecule has 0 atom stereocenters. The molecule has 1 aliphatic heterocycles. The van der Waals surface area contributed by atoms with Gasteiger partial charge >= 0.3 is 0 Å². The average Bonchev–Trinajstić information content (AvgIpc) is 3.25. The summed E-state index contributed by atoms with van der Waals surface area (Å²) in [5.74, 6) is 1.74. The van der Waals surface area contributed by atoms with Gasteiger partial charge < -0.3 is 9.80 Å². The van der Waals surface area contributed by atoms with E-state index < -0.39 is 0 Å². The van der Waals surface area contributed by atoms with E-state index in [2.05, 4.69) is 35.2 Å². The maximum absolute atomic E-state index is 14.0. The number of rotatable bonds is 3. The van der Waals surface area contributed by atoms with Crippen LogP contribution in [0.3, 0.4) is 0 Å². The minimum absolute atomic E-state index is 0.283. The Morgan fingerprint density at radius 2 is 1.91 bits per heavy atom. The van der Waals surface area contributed by atoms with Gasteiger partial charge in [0.1, 0.15) is 5.82 Å². The van der Waals surface area contributed by atoms with Crippen molar-refractivity contribution in [2.75, 3.05) is 36.0 Å². The van der Waals surface area contributed by atoms with Crippen LogP contribution in [-0.4, -0.2) is 40.5 Å². The summed E-state index contributed by atoms with van der Waals surface area (Å²) in [5.41, 5.74) is 0. The normalized spacial score (nSPS) is 18.8. The Hall–Kier alpha value is -1.28. The zero-order chi connectivity index (χ0) is 15.1. The Morgan fingerprint density at radius 3 is 2.59 bits per heavy atom. The zero-order valence-electron chi connectivity index (χ0n) is 11.9. The fraction of sp³-hybridized carbons (Fsp3) is 0.500. The molecule has 0 aromatic carbocycles. The Labute approximate surface area is 140 Å². The predicted molar refractivity (Wildman–Crippen MR) is 88.2 cm³/mol. The lowest BCUT2D eigenvalue weighted by atomic mass is 10.3. The van der Waals surface area contributed by atoms with Crippen LogP contribution in [-0.2, 0) is 0 Å². The number of aromatic nitrogens is 3. The number of hydrogen-bond donors (Lipinski definition) is 0. The summed E-state index contributed by atoms with van der Waals surface area (Å²) in [6.45, 7) is 3.11. The van der Waals surface area contributed by atoms with Crippen molar-refractivity contribution in [1.29, 1.82) is 0 Å². The van der Waals surface area contributed by atoms with Gasteiger partial charge in [0, 0.05) is 54.3 Å². The number of pyridine rings is 1. The fourth-order valence-electron chi connectivity index (χ4n) is 2.61. The van der Waals surface area contributed by atoms with Crippen LogP contribution in [0.1, 0.15) is 24.6 Å². The topological polar surface area (TPSA) is 45.2 Å². The van der Waals surface area contributed by atoms with Crippen LogP contribution < -0.4 is 9.80 Å². The standard InChI is InChI=1S/C14H15BrFN5S/c15-10-7-11(16)13(17-8-10)20-3-5-21(6-4-20)14-18-12(19-22-14)9-1-2-9/h7-9H,1-6H2. The van der Waals surface area contributed by atoms with Crippen molar-refractivity contribution in [3.8, 4) is 0 Å². The second-order valence-electron chi connectivity index (χ2n) is 5.64. The minimum atomic E-state index is -0.283. The van der Waals surface area contributed by atoms with Crippen LogP contribution in [0, 0.1) is 5.82 Å². The van der Waals surface area contributed by atoms with E-state index in [1.165, 1.54) is 30.4 Å². The van der Waals surface area contributed by atoms with Crippen molar-refractivity contribution in [3.05, 3.63) is 28.4 Å². The fourth-order valence-corrected chi connectivity index (χ4v) is 3.71. The molecule has 2 aromatic rings. The lowest BCUT2D eigenvalue weighted by Gasteiger charge is -2.35. The van der Waals surface area contributed by atoms with Crippen LogP contribution in [0.25, 0.3) is 0 Å². The van der Waals surface area contributed by atoms with Gasteiger partial charge in [0.25, 0.3) is 0 Å². The van der Waals surface area contributed by atoms with Gasteiger partial charge in [-0.1, -0.05) is 0 Å². The Kier molecular flexibility index (Phi) is 3.73. The Morgan fingerprint density at radius 1 is 1.18 bits per heavy atom. The highest BCUT2D eigenvalue weighted by atomic mass is 79.9. The summed E-state index contributed by atoms with van der Waals surface area (Å²) in [6, 6.07) is 1.46. The third-order valence-corrected chi connectivity index (χ3v) is 5.24. The van der Waals surface area contributed by atoms with Crippen LogP contribution in [0.2, 0.25) is 0 Å². The molecule has 2 aliphatic rings. The van der Waals surface area contributed by atoms with Crippen molar-refractivity contribution in [2.24, 2.45) is 0 Å². The van der Waals surface area contributed by atoms with Crippen LogP contribution in [0.15, 0.2) is 16.7 Å². The number of piperazine rings is 1. The van der Waals surface area contributed by atoms with Gasteiger partial charge in [-0.15, -0.1) is 0 Å². The van der Waals surface area contributed by atoms with Gasteiger partial charge in [-0.25, -0.2) is 14.4 Å². The number of hydrogen-bond acceptors (Lipinski definition) is 6. The quantitative estimate of drug-likeness (QED) is 0.814. The second-order valence-corrected chi connectivity index (χ2v) is 7.29. The van der Waals surface area contributed by atoms with Crippen LogP contribution >= 0.6 is 27.5 Å². The largest absolute Gasteiger partial charge is 0.351 e. The summed E-state index contributed by atoms with van der Waals surface area (Å²) in [5, 5.41) is 0.991. The molecular formula is C14H15BrFN5S. The number of anilines is 2. The van der Waals surface area contributed by atoms with Gasteiger partial charge in [-0.2, -0.15) is 4.37 Å². The van der Waals surface area contributed by atoms with Gasteiger partial charge in [0.2, 0.25) is 5.13 Å². The molecule has 2 fully saturated rings. The summed E-state index contributed by atoms with van der Waals surface area (Å²) >= 11 is 4.71. The third-order valence-electron chi connectivity index (χ3n) is 4.01. The highest BCUT2D eigenvalue weighted by molar-refractivity contribution is 9.10. The van der Waals surface area contributed by atoms with Gasteiger partial charge in [-0.3, -0.25) is 0 Å². The maximum Gasteiger partial charge on any atom is 0.205 e. The molecule has 1 saturated heterocycles. The first-order chi connectivity index (χ1) is 10.7. The van der Waals surface area contributed by atoms with Crippen LogP contribution in [0.5, 0.6) is 0 Å². The van der Waals surface area contributed by atoms with E-state index >= 15 is 0 Å². The molecule has 0 radical (unpaired) electrons. The molecular weight excluding hydrogens is 369 g/mol. The predicted octanol–water partition coefficient (Wildman–Crippen LogP) is 3.04. The van der Waals surface area contributed by atoms with Crippen molar-refractivity contribution in [1.82, 2.24) is 14.3 Å². The molecule has 5 nitrogen and oxygen atoms in total. The van der Waals surface area contributed by atoms with Crippen molar-refractivity contribution < 1.29 is 4.39 Å². The SMILES string of the molecule is Fc1cc(Br)cnc1N1CCN(c2nc(C3CC3)ns2)CC1. The van der Waals surface area contributed by atoms with E-state index in [0.29, 0.717) is 16.2 Å². The van der Waals surface area contributed by atoms with Crippen molar-refractivity contribution >= 4 is 38.4 Å². The molecule has 0 spiro atoms. The molecule has 2 aromatic heterocycles. The van der Waals surface area contributed by atoms with Crippen LogP contribution in [0.4, 0.5) is 15.3 Å². The molecule has 0 N–H and O–H groups in total. The first kappa shape index (κ1) is 14.3. The van der Waals surface area contributed by atoms with E-state index in [0.717, 1.165) is 37.1 Å². The molecule has 4 rings (SSSR count). The smallest absolute Gasteiger partial charge is 0.205 e. The first-order valence-electron chi connectivity index (χ1n) is 7.35. The Bertz CT molecular complexity index is 682. The number of halogens is 2. The summed E-state index contributed by atoms with van der Waals surface area (Å²) in [4.78, 5) is 13.1. The first-order valence-corrected chi connectivity index (χ1v) is 8.92. The molecule has 0 bridgehead atoms. The highest BCUT2D eigenvalue weighted by Crippen LogP contribution is 2.39. The Balaban J connectivity index is 1.43. The second kappa shape index (κ2) is 5.73. The monoisotopic (exact) mass is 383 g/mol. The van der Waals surface area contributed by atoms with E-state index in [9.17, 15) is 4.39 Å². The average molecular weight is 384 g/mol. The van der Waals surface area contributed by atoms with E-state index in [-0.39, 0.29) is 5.82 Å². The number of nitrogens with zero attached hydrogens (tertiary/aromatic N) is 5. The minimum Gasteiger partial charge on any atom is -0.351 e. The summed E-state index contributed by atoms with van der Waals surface area (Å²) in [7, 11) is 0. The maximum atomic E-state index is 14.0. The molecule has 8 heteroatoms.